The molecule has 1 amide bonds. The molecule has 0 spiro atoms. The quantitative estimate of drug-likeness (QED) is 0.848. The van der Waals surface area contributed by atoms with E-state index >= 15 is 0 Å². The Hall–Kier alpha value is -2.12. The van der Waals surface area contributed by atoms with Gasteiger partial charge in [0.15, 0.2) is 0 Å². The average molecular weight is 344 g/mol. The number of aromatic nitrogens is 3. The zero-order valence-electron chi connectivity index (χ0n) is 15.4. The minimum Gasteiger partial charge on any atom is -0.350 e. The molecule has 0 aromatic carbocycles. The molecule has 7 nitrogen and oxygen atoms in total. The zero-order chi connectivity index (χ0) is 17.8. The van der Waals surface area contributed by atoms with E-state index in [-0.39, 0.29) is 5.91 Å². The van der Waals surface area contributed by atoms with E-state index in [2.05, 4.69) is 34.1 Å². The van der Waals surface area contributed by atoms with Gasteiger partial charge in [0.1, 0.15) is 11.4 Å². The standard InChI is InChI=1S/C18H28N6O/c1-4-22-9-11-23(12-10-22)15(2)13-19-17(25)16-14-20-21(3)18(16)24-7-5-6-8-24/h5-8,14-15H,4,9-13H2,1-3H3,(H,19,25)/t15-/m1/s1. The molecule has 0 aliphatic carbocycles. The van der Waals surface area contributed by atoms with Gasteiger partial charge in [-0.3, -0.25) is 14.4 Å². The Morgan fingerprint density at radius 3 is 2.56 bits per heavy atom. The van der Waals surface area contributed by atoms with E-state index in [1.807, 2.05) is 36.1 Å². The van der Waals surface area contributed by atoms with Crippen molar-refractivity contribution in [1.82, 2.24) is 29.5 Å². The van der Waals surface area contributed by atoms with Crippen LogP contribution in [0.25, 0.3) is 5.82 Å². The fraction of sp³-hybridized carbons (Fsp3) is 0.556. The lowest BCUT2D eigenvalue weighted by Gasteiger charge is -2.37. The van der Waals surface area contributed by atoms with Gasteiger partial charge >= 0.3 is 0 Å². The van der Waals surface area contributed by atoms with Gasteiger partial charge in [0.25, 0.3) is 5.91 Å². The van der Waals surface area contributed by atoms with E-state index in [9.17, 15) is 4.79 Å². The molecule has 1 fully saturated rings. The molecular weight excluding hydrogens is 316 g/mol. The van der Waals surface area contributed by atoms with E-state index in [4.69, 9.17) is 0 Å². The number of likely N-dealkylation sites (N-methyl/N-ethyl adjacent to an activating group) is 1. The Labute approximate surface area is 149 Å². The summed E-state index contributed by atoms with van der Waals surface area (Å²) in [7, 11) is 1.85. The van der Waals surface area contributed by atoms with Gasteiger partial charge in [0, 0.05) is 58.2 Å². The predicted octanol–water partition coefficient (Wildman–Crippen LogP) is 0.967. The molecule has 0 unspecified atom stereocenters. The first kappa shape index (κ1) is 17.7. The summed E-state index contributed by atoms with van der Waals surface area (Å²) >= 11 is 0. The van der Waals surface area contributed by atoms with Crippen LogP contribution in [0.1, 0.15) is 24.2 Å². The minimum atomic E-state index is -0.0733. The minimum absolute atomic E-state index is 0.0733. The summed E-state index contributed by atoms with van der Waals surface area (Å²) in [6.07, 6.45) is 5.47. The molecule has 1 atom stereocenters. The Balaban J connectivity index is 1.58. The first-order chi connectivity index (χ1) is 12.1. The number of piperazine rings is 1. The molecule has 0 saturated carbocycles. The molecule has 0 radical (unpaired) electrons. The van der Waals surface area contributed by atoms with Crippen molar-refractivity contribution in [1.29, 1.82) is 0 Å². The van der Waals surface area contributed by atoms with Gasteiger partial charge in [-0.2, -0.15) is 5.10 Å². The summed E-state index contributed by atoms with van der Waals surface area (Å²) in [4.78, 5) is 17.6. The van der Waals surface area contributed by atoms with Crippen LogP contribution in [0.5, 0.6) is 0 Å². The summed E-state index contributed by atoms with van der Waals surface area (Å²) < 4.78 is 3.64. The normalized spacial score (nSPS) is 17.6. The van der Waals surface area contributed by atoms with Crippen molar-refractivity contribution in [3.63, 3.8) is 0 Å². The van der Waals surface area contributed by atoms with E-state index in [0.717, 1.165) is 38.5 Å². The number of hydrogen-bond donors (Lipinski definition) is 1. The van der Waals surface area contributed by atoms with Gasteiger partial charge in [0.2, 0.25) is 0 Å². The lowest BCUT2D eigenvalue weighted by molar-refractivity contribution is 0.0882. The fourth-order valence-corrected chi connectivity index (χ4v) is 3.36. The second-order valence-electron chi connectivity index (χ2n) is 6.63. The summed E-state index contributed by atoms with van der Waals surface area (Å²) in [6.45, 7) is 10.5. The third-order valence-electron chi connectivity index (χ3n) is 5.04. The Morgan fingerprint density at radius 1 is 1.24 bits per heavy atom. The third kappa shape index (κ3) is 3.93. The fourth-order valence-electron chi connectivity index (χ4n) is 3.36. The van der Waals surface area contributed by atoms with Crippen LogP contribution in [0, 0.1) is 0 Å². The maximum absolute atomic E-state index is 12.7. The summed E-state index contributed by atoms with van der Waals surface area (Å²) in [5.41, 5.74) is 0.599. The molecule has 2 aromatic heterocycles. The SMILES string of the molecule is CCN1CCN([C@H](C)CNC(=O)c2cnn(C)c2-n2cccc2)CC1. The van der Waals surface area contributed by atoms with Crippen molar-refractivity contribution < 1.29 is 4.79 Å². The number of nitrogens with zero attached hydrogens (tertiary/aromatic N) is 5. The Kier molecular flexibility index (Phi) is 5.55. The molecular formula is C18H28N6O. The van der Waals surface area contributed by atoms with Crippen molar-refractivity contribution in [2.24, 2.45) is 7.05 Å². The maximum Gasteiger partial charge on any atom is 0.256 e. The molecule has 7 heteroatoms. The monoisotopic (exact) mass is 344 g/mol. The van der Waals surface area contributed by atoms with Gasteiger partial charge < -0.3 is 14.8 Å². The highest BCUT2D eigenvalue weighted by Gasteiger charge is 2.22. The lowest BCUT2D eigenvalue weighted by atomic mass is 10.2. The second kappa shape index (κ2) is 7.84. The highest BCUT2D eigenvalue weighted by molar-refractivity contribution is 5.97. The molecule has 1 aliphatic heterocycles. The molecule has 1 aliphatic rings. The van der Waals surface area contributed by atoms with E-state index in [0.29, 0.717) is 18.2 Å². The second-order valence-corrected chi connectivity index (χ2v) is 6.63. The maximum atomic E-state index is 12.7. The van der Waals surface area contributed by atoms with Gasteiger partial charge in [0.05, 0.1) is 6.20 Å². The molecule has 1 N–H and O–H groups in total. The first-order valence-corrected chi connectivity index (χ1v) is 9.00. The summed E-state index contributed by atoms with van der Waals surface area (Å²) in [6, 6.07) is 4.20. The molecule has 3 rings (SSSR count). The lowest BCUT2D eigenvalue weighted by Crippen LogP contribution is -2.52. The number of amides is 1. The van der Waals surface area contributed by atoms with Crippen LogP contribution in [0.3, 0.4) is 0 Å². The van der Waals surface area contributed by atoms with E-state index in [1.54, 1.807) is 10.9 Å². The van der Waals surface area contributed by atoms with Crippen LogP contribution >= 0.6 is 0 Å². The smallest absolute Gasteiger partial charge is 0.256 e. The molecule has 0 bridgehead atoms. The molecule has 136 valence electrons. The number of carbonyl (C=O) groups excluding carboxylic acids is 1. The van der Waals surface area contributed by atoms with Crippen LogP contribution in [0.15, 0.2) is 30.7 Å². The van der Waals surface area contributed by atoms with Gasteiger partial charge in [-0.1, -0.05) is 6.92 Å². The van der Waals surface area contributed by atoms with Crippen LogP contribution in [0.2, 0.25) is 0 Å². The topological polar surface area (TPSA) is 58.3 Å². The Morgan fingerprint density at radius 2 is 1.92 bits per heavy atom. The molecule has 25 heavy (non-hydrogen) atoms. The summed E-state index contributed by atoms with van der Waals surface area (Å²) in [5, 5.41) is 7.32. The third-order valence-corrected chi connectivity index (χ3v) is 5.04. The van der Waals surface area contributed by atoms with Gasteiger partial charge in [-0.25, -0.2) is 0 Å². The van der Waals surface area contributed by atoms with Crippen molar-refractivity contribution in [2.75, 3.05) is 39.3 Å². The van der Waals surface area contributed by atoms with E-state index in [1.165, 1.54) is 0 Å². The zero-order valence-corrected chi connectivity index (χ0v) is 15.4. The van der Waals surface area contributed by atoms with Crippen LogP contribution in [0.4, 0.5) is 0 Å². The number of nitrogens with one attached hydrogen (secondary N) is 1. The number of hydrogen-bond acceptors (Lipinski definition) is 4. The largest absolute Gasteiger partial charge is 0.350 e. The number of aryl methyl sites for hydroxylation is 1. The highest BCUT2D eigenvalue weighted by atomic mass is 16.1. The van der Waals surface area contributed by atoms with Crippen LogP contribution < -0.4 is 5.32 Å². The average Bonchev–Trinajstić information content (AvgIpc) is 3.28. The van der Waals surface area contributed by atoms with Crippen molar-refractivity contribution in [3.05, 3.63) is 36.3 Å². The summed E-state index contributed by atoms with van der Waals surface area (Å²) in [5.74, 6) is 0.711. The Bertz CT molecular complexity index is 684. The van der Waals surface area contributed by atoms with Gasteiger partial charge in [-0.15, -0.1) is 0 Å². The molecule has 1 saturated heterocycles. The van der Waals surface area contributed by atoms with Crippen molar-refractivity contribution in [3.8, 4) is 5.82 Å². The van der Waals surface area contributed by atoms with Crippen molar-refractivity contribution in [2.45, 2.75) is 19.9 Å². The molecule has 3 heterocycles. The first-order valence-electron chi connectivity index (χ1n) is 9.00. The van der Waals surface area contributed by atoms with Crippen LogP contribution in [-0.4, -0.2) is 75.4 Å². The molecule has 2 aromatic rings. The van der Waals surface area contributed by atoms with Crippen LogP contribution in [-0.2, 0) is 7.05 Å². The van der Waals surface area contributed by atoms with Crippen molar-refractivity contribution >= 4 is 5.91 Å². The highest BCUT2D eigenvalue weighted by Crippen LogP contribution is 2.14. The van der Waals surface area contributed by atoms with E-state index < -0.39 is 0 Å². The van der Waals surface area contributed by atoms with Gasteiger partial charge in [-0.05, 0) is 25.6 Å². The predicted molar refractivity (Wildman–Crippen MR) is 98.0 cm³/mol. The number of carbonyl (C=O) groups is 1. The number of rotatable bonds is 6.